The Hall–Kier alpha value is -3.67. The first-order chi connectivity index (χ1) is 13.9. The molecule has 146 valence electrons. The smallest absolute Gasteiger partial charge is 0.277 e. The molecule has 0 saturated carbocycles. The minimum Gasteiger partial charge on any atom is -0.324 e. The van der Waals surface area contributed by atoms with E-state index in [0.29, 0.717) is 5.52 Å². The summed E-state index contributed by atoms with van der Waals surface area (Å²) in [5.74, 6) is -0.247. The SMILES string of the molecule is Cc1ccc(-c2cc3c(=O)n(CC(=O)Nc4cccc(C)c4C)ccn3n2)cc1. The molecule has 0 aliphatic rings. The number of aromatic nitrogens is 3. The summed E-state index contributed by atoms with van der Waals surface area (Å²) in [6, 6.07) is 15.5. The highest BCUT2D eigenvalue weighted by Gasteiger charge is 2.12. The Labute approximate surface area is 168 Å². The van der Waals surface area contributed by atoms with Crippen molar-refractivity contribution < 1.29 is 4.79 Å². The molecule has 1 amide bonds. The molecule has 6 heteroatoms. The minimum absolute atomic E-state index is 0.0617. The van der Waals surface area contributed by atoms with E-state index in [0.717, 1.165) is 33.6 Å². The molecular formula is C23H22N4O2. The molecule has 0 saturated heterocycles. The number of aryl methyl sites for hydroxylation is 2. The van der Waals surface area contributed by atoms with Gasteiger partial charge in [-0.1, -0.05) is 42.0 Å². The van der Waals surface area contributed by atoms with E-state index in [4.69, 9.17) is 0 Å². The first kappa shape index (κ1) is 18.7. The van der Waals surface area contributed by atoms with E-state index in [9.17, 15) is 9.59 Å². The van der Waals surface area contributed by atoms with Gasteiger partial charge in [0.15, 0.2) is 0 Å². The molecule has 2 heterocycles. The number of rotatable bonds is 4. The Morgan fingerprint density at radius 1 is 1.03 bits per heavy atom. The molecule has 2 aromatic carbocycles. The number of carbonyl (C=O) groups excluding carboxylic acids is 1. The molecule has 4 rings (SSSR count). The fourth-order valence-electron chi connectivity index (χ4n) is 3.25. The summed E-state index contributed by atoms with van der Waals surface area (Å²) in [6.07, 6.45) is 3.28. The van der Waals surface area contributed by atoms with E-state index in [1.54, 1.807) is 23.0 Å². The molecular weight excluding hydrogens is 364 g/mol. The summed E-state index contributed by atoms with van der Waals surface area (Å²) >= 11 is 0. The highest BCUT2D eigenvalue weighted by molar-refractivity contribution is 5.91. The number of hydrogen-bond acceptors (Lipinski definition) is 3. The van der Waals surface area contributed by atoms with Gasteiger partial charge < -0.3 is 9.88 Å². The van der Waals surface area contributed by atoms with Gasteiger partial charge in [0.1, 0.15) is 12.1 Å². The third-order valence-corrected chi connectivity index (χ3v) is 5.14. The number of carbonyl (C=O) groups is 1. The molecule has 0 unspecified atom stereocenters. The Morgan fingerprint density at radius 3 is 2.55 bits per heavy atom. The Morgan fingerprint density at radius 2 is 1.79 bits per heavy atom. The molecule has 4 aromatic rings. The molecule has 0 radical (unpaired) electrons. The van der Waals surface area contributed by atoms with Crippen molar-refractivity contribution in [1.82, 2.24) is 14.2 Å². The minimum atomic E-state index is -0.255. The summed E-state index contributed by atoms with van der Waals surface area (Å²) < 4.78 is 2.95. The summed E-state index contributed by atoms with van der Waals surface area (Å²) in [5, 5.41) is 7.38. The van der Waals surface area contributed by atoms with Crippen LogP contribution in [0.25, 0.3) is 16.8 Å². The van der Waals surface area contributed by atoms with Crippen LogP contribution in [0.2, 0.25) is 0 Å². The lowest BCUT2D eigenvalue weighted by molar-refractivity contribution is -0.116. The van der Waals surface area contributed by atoms with Crippen LogP contribution in [0.3, 0.4) is 0 Å². The second-order valence-corrected chi connectivity index (χ2v) is 7.25. The average molecular weight is 386 g/mol. The first-order valence-electron chi connectivity index (χ1n) is 9.44. The fraction of sp³-hybridized carbons (Fsp3) is 0.174. The van der Waals surface area contributed by atoms with Crippen molar-refractivity contribution in [2.75, 3.05) is 5.32 Å². The van der Waals surface area contributed by atoms with Gasteiger partial charge in [-0.15, -0.1) is 0 Å². The molecule has 29 heavy (non-hydrogen) atoms. The van der Waals surface area contributed by atoms with Crippen LogP contribution in [-0.4, -0.2) is 20.1 Å². The summed E-state index contributed by atoms with van der Waals surface area (Å²) in [5.41, 5.74) is 5.88. The van der Waals surface area contributed by atoms with Crippen molar-refractivity contribution in [2.24, 2.45) is 0 Å². The average Bonchev–Trinajstić information content (AvgIpc) is 3.13. The number of amides is 1. The highest BCUT2D eigenvalue weighted by Crippen LogP contribution is 2.19. The summed E-state index contributed by atoms with van der Waals surface area (Å²) in [6.45, 7) is 5.92. The van der Waals surface area contributed by atoms with Crippen molar-refractivity contribution in [1.29, 1.82) is 0 Å². The zero-order chi connectivity index (χ0) is 20.5. The van der Waals surface area contributed by atoms with Gasteiger partial charge in [-0.25, -0.2) is 4.52 Å². The Kier molecular flexibility index (Phi) is 4.76. The van der Waals surface area contributed by atoms with Crippen LogP contribution in [-0.2, 0) is 11.3 Å². The van der Waals surface area contributed by atoms with Crippen LogP contribution in [0.5, 0.6) is 0 Å². The topological polar surface area (TPSA) is 68.4 Å². The molecule has 0 fully saturated rings. The standard InChI is InChI=1S/C23H22N4O2/c1-15-7-9-18(10-8-15)20-13-21-23(29)26(11-12-27(21)25-20)14-22(28)24-19-6-4-5-16(2)17(19)3/h4-13H,14H2,1-3H3,(H,24,28). The number of hydrogen-bond donors (Lipinski definition) is 1. The van der Waals surface area contributed by atoms with Crippen LogP contribution >= 0.6 is 0 Å². The molecule has 0 bridgehead atoms. The summed E-state index contributed by atoms with van der Waals surface area (Å²) in [4.78, 5) is 25.4. The van der Waals surface area contributed by atoms with Crippen LogP contribution in [0.1, 0.15) is 16.7 Å². The predicted octanol–water partition coefficient (Wildman–Crippen LogP) is 3.73. The lowest BCUT2D eigenvalue weighted by atomic mass is 10.1. The van der Waals surface area contributed by atoms with E-state index >= 15 is 0 Å². The third kappa shape index (κ3) is 3.69. The van der Waals surface area contributed by atoms with E-state index in [1.165, 1.54) is 4.57 Å². The maximum Gasteiger partial charge on any atom is 0.277 e. The number of benzene rings is 2. The van der Waals surface area contributed by atoms with E-state index in [-0.39, 0.29) is 18.0 Å². The van der Waals surface area contributed by atoms with Gasteiger partial charge in [-0.3, -0.25) is 9.59 Å². The van der Waals surface area contributed by atoms with Crippen molar-refractivity contribution in [3.63, 3.8) is 0 Å². The molecule has 6 nitrogen and oxygen atoms in total. The number of nitrogens with one attached hydrogen (secondary N) is 1. The monoisotopic (exact) mass is 386 g/mol. The Bertz CT molecular complexity index is 1270. The van der Waals surface area contributed by atoms with E-state index in [2.05, 4.69) is 10.4 Å². The van der Waals surface area contributed by atoms with E-state index < -0.39 is 0 Å². The Balaban J connectivity index is 1.60. The normalized spacial score (nSPS) is 11.0. The molecule has 0 atom stereocenters. The second kappa shape index (κ2) is 7.39. The molecule has 1 N–H and O–H groups in total. The first-order valence-corrected chi connectivity index (χ1v) is 9.44. The van der Waals surface area contributed by atoms with Crippen molar-refractivity contribution >= 4 is 17.1 Å². The second-order valence-electron chi connectivity index (χ2n) is 7.25. The lowest BCUT2D eigenvalue weighted by Gasteiger charge is -2.11. The van der Waals surface area contributed by atoms with Crippen molar-refractivity contribution in [3.05, 3.63) is 88.0 Å². The van der Waals surface area contributed by atoms with Gasteiger partial charge in [-0.05, 0) is 44.0 Å². The highest BCUT2D eigenvalue weighted by atomic mass is 16.2. The number of fused-ring (bicyclic) bond motifs is 1. The van der Waals surface area contributed by atoms with Gasteiger partial charge in [0.2, 0.25) is 5.91 Å². The van der Waals surface area contributed by atoms with E-state index in [1.807, 2.05) is 63.2 Å². The summed E-state index contributed by atoms with van der Waals surface area (Å²) in [7, 11) is 0. The van der Waals surface area contributed by atoms with Gasteiger partial charge in [0.05, 0.1) is 5.69 Å². The van der Waals surface area contributed by atoms with Crippen LogP contribution in [0.15, 0.2) is 65.7 Å². The third-order valence-electron chi connectivity index (χ3n) is 5.14. The van der Waals surface area contributed by atoms with Crippen LogP contribution < -0.4 is 10.9 Å². The molecule has 2 aromatic heterocycles. The van der Waals surface area contributed by atoms with Gasteiger partial charge in [0, 0.05) is 23.6 Å². The number of nitrogens with zero attached hydrogens (tertiary/aromatic N) is 3. The van der Waals surface area contributed by atoms with Gasteiger partial charge >= 0.3 is 0 Å². The molecule has 0 aliphatic carbocycles. The predicted molar refractivity (Wildman–Crippen MR) is 114 cm³/mol. The van der Waals surface area contributed by atoms with Crippen molar-refractivity contribution in [3.8, 4) is 11.3 Å². The van der Waals surface area contributed by atoms with Crippen molar-refractivity contribution in [2.45, 2.75) is 27.3 Å². The molecule has 0 spiro atoms. The van der Waals surface area contributed by atoms with Gasteiger partial charge in [-0.2, -0.15) is 5.10 Å². The van der Waals surface area contributed by atoms with Crippen LogP contribution in [0, 0.1) is 20.8 Å². The maximum atomic E-state index is 12.9. The van der Waals surface area contributed by atoms with Crippen LogP contribution in [0.4, 0.5) is 5.69 Å². The zero-order valence-corrected chi connectivity index (χ0v) is 16.6. The molecule has 0 aliphatic heterocycles. The quantitative estimate of drug-likeness (QED) is 0.581. The zero-order valence-electron chi connectivity index (χ0n) is 16.6. The largest absolute Gasteiger partial charge is 0.324 e. The number of anilines is 1. The van der Waals surface area contributed by atoms with Gasteiger partial charge in [0.25, 0.3) is 5.56 Å². The fourth-order valence-corrected chi connectivity index (χ4v) is 3.25. The lowest BCUT2D eigenvalue weighted by Crippen LogP contribution is -2.28. The maximum absolute atomic E-state index is 12.9.